The van der Waals surface area contributed by atoms with Crippen LogP contribution in [0.5, 0.6) is 0 Å². The van der Waals surface area contributed by atoms with Crippen LogP contribution < -0.4 is 0 Å². The summed E-state index contributed by atoms with van der Waals surface area (Å²) in [4.78, 5) is 13.6. The van der Waals surface area contributed by atoms with Crippen molar-refractivity contribution in [3.8, 4) is 0 Å². The molecule has 0 aromatic heterocycles. The highest BCUT2D eigenvalue weighted by atomic mass is 19.1. The molecule has 4 heteroatoms. The standard InChI is InChI=1S/C19H20FNO2/c1-13-7-9-14(10-8-13)18(15-4-2-5-16(20)12-15)21-11-3-6-17(21)19(22)23/h2,4-5,7-10,12,17-18H,3,6,11H2,1H3,(H,22,23). The molecule has 1 saturated heterocycles. The fraction of sp³-hybridized carbons (Fsp3) is 0.316. The summed E-state index contributed by atoms with van der Waals surface area (Å²) >= 11 is 0. The van der Waals surface area contributed by atoms with Gasteiger partial charge in [-0.25, -0.2) is 4.39 Å². The van der Waals surface area contributed by atoms with Crippen LogP contribution in [0.2, 0.25) is 0 Å². The molecule has 2 unspecified atom stereocenters. The number of aliphatic carboxylic acids is 1. The van der Waals surface area contributed by atoms with Crippen molar-refractivity contribution in [1.82, 2.24) is 4.90 Å². The highest BCUT2D eigenvalue weighted by Crippen LogP contribution is 2.35. The van der Waals surface area contributed by atoms with Crippen LogP contribution in [0.1, 0.15) is 35.6 Å². The summed E-state index contributed by atoms with van der Waals surface area (Å²) in [5.74, 6) is -1.11. The highest BCUT2D eigenvalue weighted by Gasteiger charge is 2.36. The van der Waals surface area contributed by atoms with Crippen molar-refractivity contribution < 1.29 is 14.3 Å². The third-order valence-corrected chi connectivity index (χ3v) is 4.47. The second kappa shape index (κ2) is 6.50. The van der Waals surface area contributed by atoms with Gasteiger partial charge in [0.1, 0.15) is 11.9 Å². The van der Waals surface area contributed by atoms with Gasteiger partial charge in [-0.3, -0.25) is 9.69 Å². The Labute approximate surface area is 135 Å². The van der Waals surface area contributed by atoms with E-state index in [0.29, 0.717) is 13.0 Å². The number of hydrogen-bond donors (Lipinski definition) is 1. The van der Waals surface area contributed by atoms with Gasteiger partial charge in [0.2, 0.25) is 0 Å². The molecule has 1 aliphatic rings. The number of rotatable bonds is 4. The van der Waals surface area contributed by atoms with Crippen LogP contribution in [-0.2, 0) is 4.79 Å². The Morgan fingerprint density at radius 3 is 2.61 bits per heavy atom. The third kappa shape index (κ3) is 3.27. The number of likely N-dealkylation sites (tertiary alicyclic amines) is 1. The molecule has 2 aromatic rings. The van der Waals surface area contributed by atoms with Crippen LogP contribution in [0.4, 0.5) is 4.39 Å². The van der Waals surface area contributed by atoms with Crippen molar-refractivity contribution in [3.63, 3.8) is 0 Å². The maximum Gasteiger partial charge on any atom is 0.320 e. The monoisotopic (exact) mass is 313 g/mol. The zero-order valence-electron chi connectivity index (χ0n) is 13.1. The quantitative estimate of drug-likeness (QED) is 0.934. The van der Waals surface area contributed by atoms with Crippen molar-refractivity contribution in [2.45, 2.75) is 31.8 Å². The van der Waals surface area contributed by atoms with Crippen molar-refractivity contribution in [2.24, 2.45) is 0 Å². The van der Waals surface area contributed by atoms with Gasteiger partial charge in [0.25, 0.3) is 0 Å². The minimum atomic E-state index is -0.809. The predicted molar refractivity (Wildman–Crippen MR) is 86.8 cm³/mol. The molecular weight excluding hydrogens is 293 g/mol. The summed E-state index contributed by atoms with van der Waals surface area (Å²) in [7, 11) is 0. The normalized spacial score (nSPS) is 19.7. The summed E-state index contributed by atoms with van der Waals surface area (Å²) in [5.41, 5.74) is 2.93. The summed E-state index contributed by atoms with van der Waals surface area (Å²) in [5, 5.41) is 9.51. The van der Waals surface area contributed by atoms with Gasteiger partial charge in [0.05, 0.1) is 6.04 Å². The molecule has 0 amide bonds. The zero-order chi connectivity index (χ0) is 16.4. The van der Waals surface area contributed by atoms with Crippen molar-refractivity contribution >= 4 is 5.97 Å². The largest absolute Gasteiger partial charge is 0.480 e. The van der Waals surface area contributed by atoms with E-state index in [1.807, 2.05) is 42.2 Å². The topological polar surface area (TPSA) is 40.5 Å². The first-order chi connectivity index (χ1) is 11.1. The molecule has 1 heterocycles. The van der Waals surface area contributed by atoms with Crippen molar-refractivity contribution in [2.75, 3.05) is 6.54 Å². The minimum Gasteiger partial charge on any atom is -0.480 e. The van der Waals surface area contributed by atoms with E-state index in [0.717, 1.165) is 23.1 Å². The molecule has 1 aliphatic heterocycles. The van der Waals surface area contributed by atoms with E-state index in [2.05, 4.69) is 0 Å². The molecule has 1 N–H and O–H groups in total. The number of nitrogens with zero attached hydrogens (tertiary/aromatic N) is 1. The van der Waals surface area contributed by atoms with Crippen LogP contribution in [-0.4, -0.2) is 28.6 Å². The highest BCUT2D eigenvalue weighted by molar-refractivity contribution is 5.74. The van der Waals surface area contributed by atoms with E-state index >= 15 is 0 Å². The van der Waals surface area contributed by atoms with E-state index in [1.165, 1.54) is 12.1 Å². The molecule has 0 spiro atoms. The lowest BCUT2D eigenvalue weighted by Gasteiger charge is -2.32. The fourth-order valence-corrected chi connectivity index (χ4v) is 3.36. The van der Waals surface area contributed by atoms with E-state index in [4.69, 9.17) is 0 Å². The third-order valence-electron chi connectivity index (χ3n) is 4.47. The molecule has 0 aliphatic carbocycles. The molecule has 0 bridgehead atoms. The molecular formula is C19H20FNO2. The van der Waals surface area contributed by atoms with Crippen LogP contribution in [0.3, 0.4) is 0 Å². The van der Waals surface area contributed by atoms with Crippen LogP contribution in [0.25, 0.3) is 0 Å². The lowest BCUT2D eigenvalue weighted by molar-refractivity contribution is -0.142. The Morgan fingerprint density at radius 2 is 1.96 bits per heavy atom. The molecule has 23 heavy (non-hydrogen) atoms. The first-order valence-electron chi connectivity index (χ1n) is 7.87. The average molecular weight is 313 g/mol. The van der Waals surface area contributed by atoms with E-state index in [-0.39, 0.29) is 11.9 Å². The van der Waals surface area contributed by atoms with Gasteiger partial charge in [-0.1, -0.05) is 42.0 Å². The average Bonchev–Trinajstić information content (AvgIpc) is 2.99. The van der Waals surface area contributed by atoms with Crippen molar-refractivity contribution in [3.05, 3.63) is 71.0 Å². The smallest absolute Gasteiger partial charge is 0.320 e. The van der Waals surface area contributed by atoms with E-state index < -0.39 is 12.0 Å². The maximum absolute atomic E-state index is 13.7. The molecule has 0 radical (unpaired) electrons. The summed E-state index contributed by atoms with van der Waals surface area (Å²) in [6.45, 7) is 2.71. The second-order valence-electron chi connectivity index (χ2n) is 6.10. The number of benzene rings is 2. The number of carbonyl (C=O) groups is 1. The lowest BCUT2D eigenvalue weighted by Crippen LogP contribution is -2.39. The van der Waals surface area contributed by atoms with Gasteiger partial charge < -0.3 is 5.11 Å². The minimum absolute atomic E-state index is 0.241. The summed E-state index contributed by atoms with van der Waals surface area (Å²) in [6.07, 6.45) is 1.47. The molecule has 2 aromatic carbocycles. The Bertz CT molecular complexity index is 699. The Morgan fingerprint density at radius 1 is 1.22 bits per heavy atom. The van der Waals surface area contributed by atoms with Gasteiger partial charge in [0, 0.05) is 6.54 Å². The molecule has 0 saturated carbocycles. The van der Waals surface area contributed by atoms with Gasteiger partial charge in [-0.2, -0.15) is 0 Å². The first kappa shape index (κ1) is 15.7. The Kier molecular flexibility index (Phi) is 4.44. The van der Waals surface area contributed by atoms with Gasteiger partial charge in [0.15, 0.2) is 0 Å². The first-order valence-corrected chi connectivity index (χ1v) is 7.87. The van der Waals surface area contributed by atoms with Crippen molar-refractivity contribution in [1.29, 1.82) is 0 Å². The number of hydrogen-bond acceptors (Lipinski definition) is 2. The molecule has 2 atom stereocenters. The summed E-state index contributed by atoms with van der Waals surface area (Å²) in [6, 6.07) is 13.7. The molecule has 1 fully saturated rings. The van der Waals surface area contributed by atoms with Crippen LogP contribution in [0.15, 0.2) is 48.5 Å². The van der Waals surface area contributed by atoms with E-state index in [1.54, 1.807) is 6.07 Å². The number of halogens is 1. The zero-order valence-corrected chi connectivity index (χ0v) is 13.1. The SMILES string of the molecule is Cc1ccc(C(c2cccc(F)c2)N2CCCC2C(=O)O)cc1. The summed E-state index contributed by atoms with van der Waals surface area (Å²) < 4.78 is 13.7. The fourth-order valence-electron chi connectivity index (χ4n) is 3.36. The van der Waals surface area contributed by atoms with Gasteiger partial charge in [-0.15, -0.1) is 0 Å². The predicted octanol–water partition coefficient (Wildman–Crippen LogP) is 3.77. The Hall–Kier alpha value is -2.20. The van der Waals surface area contributed by atoms with Gasteiger partial charge in [-0.05, 0) is 43.0 Å². The van der Waals surface area contributed by atoms with Gasteiger partial charge >= 0.3 is 5.97 Å². The molecule has 3 nitrogen and oxygen atoms in total. The van der Waals surface area contributed by atoms with E-state index in [9.17, 15) is 14.3 Å². The Balaban J connectivity index is 2.06. The second-order valence-corrected chi connectivity index (χ2v) is 6.10. The van der Waals surface area contributed by atoms with Crippen LogP contribution in [0, 0.1) is 12.7 Å². The number of carboxylic acid groups (broad SMARTS) is 1. The molecule has 120 valence electrons. The lowest BCUT2D eigenvalue weighted by atomic mass is 9.95. The molecule has 3 rings (SSSR count). The van der Waals surface area contributed by atoms with Crippen LogP contribution >= 0.6 is 0 Å². The number of carboxylic acids is 1. The maximum atomic E-state index is 13.7. The number of aryl methyl sites for hydroxylation is 1.